The predicted molar refractivity (Wildman–Crippen MR) is 58.0 cm³/mol. The van der Waals surface area contributed by atoms with Gasteiger partial charge >= 0.3 is 0 Å². The van der Waals surface area contributed by atoms with Gasteiger partial charge in [-0.25, -0.2) is 4.98 Å². The van der Waals surface area contributed by atoms with Crippen LogP contribution in [0.2, 0.25) is 0 Å². The second-order valence-electron chi connectivity index (χ2n) is 3.94. The molecular formula is C10H18N2S. The number of hydrogen-bond donors (Lipinski definition) is 1. The van der Waals surface area contributed by atoms with Crippen molar-refractivity contribution in [3.63, 3.8) is 0 Å². The highest BCUT2D eigenvalue weighted by Crippen LogP contribution is 2.24. The number of aryl methyl sites for hydroxylation is 1. The molecule has 0 fully saturated rings. The van der Waals surface area contributed by atoms with E-state index in [0.29, 0.717) is 5.92 Å². The Labute approximate surface area is 84.2 Å². The fraction of sp³-hybridized carbons (Fsp3) is 0.700. The molecular weight excluding hydrogens is 180 g/mol. The normalized spacial score (nSPS) is 13.7. The van der Waals surface area contributed by atoms with E-state index in [2.05, 4.69) is 18.8 Å². The second kappa shape index (κ2) is 4.20. The summed E-state index contributed by atoms with van der Waals surface area (Å²) in [5.74, 6) is 0.673. The topological polar surface area (TPSA) is 38.9 Å². The lowest BCUT2D eigenvalue weighted by Crippen LogP contribution is -2.03. The fourth-order valence-corrected chi connectivity index (χ4v) is 2.56. The maximum absolute atomic E-state index is 5.83. The molecule has 1 unspecified atom stereocenters. The molecule has 74 valence electrons. The molecule has 1 atom stereocenters. The van der Waals surface area contributed by atoms with Gasteiger partial charge in [-0.15, -0.1) is 11.3 Å². The Balaban J connectivity index is 2.82. The molecule has 1 aromatic rings. The summed E-state index contributed by atoms with van der Waals surface area (Å²) in [6.45, 7) is 8.48. The molecule has 0 bridgehead atoms. The summed E-state index contributed by atoms with van der Waals surface area (Å²) in [4.78, 5) is 5.74. The van der Waals surface area contributed by atoms with Crippen LogP contribution in [0.15, 0.2) is 0 Å². The second-order valence-corrected chi connectivity index (χ2v) is 5.06. The van der Waals surface area contributed by atoms with Crippen LogP contribution < -0.4 is 5.73 Å². The number of thiazole rings is 1. The average Bonchev–Trinajstić information content (AvgIpc) is 2.29. The minimum atomic E-state index is 0.124. The van der Waals surface area contributed by atoms with Crippen molar-refractivity contribution in [2.45, 2.75) is 40.2 Å². The number of aromatic nitrogens is 1. The lowest BCUT2D eigenvalue weighted by Gasteiger charge is -2.00. The molecule has 0 aromatic carbocycles. The monoisotopic (exact) mass is 198 g/mol. The molecule has 2 N–H and O–H groups in total. The molecule has 0 amide bonds. The van der Waals surface area contributed by atoms with Gasteiger partial charge < -0.3 is 5.73 Å². The van der Waals surface area contributed by atoms with E-state index in [4.69, 9.17) is 5.73 Å². The summed E-state index contributed by atoms with van der Waals surface area (Å²) in [6, 6.07) is 0.124. The van der Waals surface area contributed by atoms with Gasteiger partial charge in [0.2, 0.25) is 0 Å². The molecule has 0 saturated heterocycles. The van der Waals surface area contributed by atoms with E-state index in [1.165, 1.54) is 9.88 Å². The minimum Gasteiger partial charge on any atom is -0.323 e. The highest BCUT2D eigenvalue weighted by Gasteiger charge is 2.11. The smallest absolute Gasteiger partial charge is 0.0934 e. The van der Waals surface area contributed by atoms with E-state index in [1.54, 1.807) is 11.3 Å². The third kappa shape index (κ3) is 2.78. The Kier molecular flexibility index (Phi) is 3.45. The van der Waals surface area contributed by atoms with Crippen molar-refractivity contribution in [3.05, 3.63) is 15.6 Å². The molecule has 0 radical (unpaired) electrons. The summed E-state index contributed by atoms with van der Waals surface area (Å²) in [5.41, 5.74) is 6.94. The van der Waals surface area contributed by atoms with Gasteiger partial charge in [0.25, 0.3) is 0 Å². The third-order valence-electron chi connectivity index (χ3n) is 1.87. The fourth-order valence-electron chi connectivity index (χ4n) is 1.32. The van der Waals surface area contributed by atoms with Crippen LogP contribution in [0.5, 0.6) is 0 Å². The van der Waals surface area contributed by atoms with Crippen LogP contribution in [0.25, 0.3) is 0 Å². The molecule has 13 heavy (non-hydrogen) atoms. The summed E-state index contributed by atoms with van der Waals surface area (Å²) >= 11 is 1.76. The van der Waals surface area contributed by atoms with Crippen LogP contribution in [-0.2, 0) is 6.42 Å². The van der Waals surface area contributed by atoms with Crippen molar-refractivity contribution in [3.8, 4) is 0 Å². The Morgan fingerprint density at radius 2 is 2.00 bits per heavy atom. The molecule has 0 aliphatic carbocycles. The van der Waals surface area contributed by atoms with E-state index in [0.717, 1.165) is 12.1 Å². The molecule has 1 aromatic heterocycles. The molecule has 0 saturated carbocycles. The molecule has 0 aliphatic heterocycles. The molecule has 3 heteroatoms. The number of nitrogens with two attached hydrogens (primary N) is 1. The van der Waals surface area contributed by atoms with Crippen LogP contribution in [0, 0.1) is 12.8 Å². The summed E-state index contributed by atoms with van der Waals surface area (Å²) in [5, 5.41) is 1.22. The lowest BCUT2D eigenvalue weighted by molar-refractivity contribution is 0.643. The SMILES string of the molecule is Cc1nc(CC(C)C)sc1C(C)N. The largest absolute Gasteiger partial charge is 0.323 e. The van der Waals surface area contributed by atoms with Crippen molar-refractivity contribution >= 4 is 11.3 Å². The third-order valence-corrected chi connectivity index (χ3v) is 3.25. The van der Waals surface area contributed by atoms with E-state index in [9.17, 15) is 0 Å². The standard InChI is InChI=1S/C10H18N2S/c1-6(2)5-9-12-8(4)10(13-9)7(3)11/h6-7H,5,11H2,1-4H3. The van der Waals surface area contributed by atoms with Crippen molar-refractivity contribution in [1.29, 1.82) is 0 Å². The first-order chi connectivity index (χ1) is 6.00. The number of hydrogen-bond acceptors (Lipinski definition) is 3. The molecule has 0 spiro atoms. The van der Waals surface area contributed by atoms with Gasteiger partial charge in [0.15, 0.2) is 0 Å². The van der Waals surface area contributed by atoms with E-state index >= 15 is 0 Å². The van der Waals surface area contributed by atoms with Crippen LogP contribution in [-0.4, -0.2) is 4.98 Å². The highest BCUT2D eigenvalue weighted by atomic mass is 32.1. The molecule has 0 aliphatic rings. The van der Waals surface area contributed by atoms with Gasteiger partial charge in [-0.2, -0.15) is 0 Å². The zero-order chi connectivity index (χ0) is 10.0. The first-order valence-corrected chi connectivity index (χ1v) is 5.54. The van der Waals surface area contributed by atoms with Gasteiger partial charge in [0.05, 0.1) is 10.7 Å². The molecule has 2 nitrogen and oxygen atoms in total. The zero-order valence-corrected chi connectivity index (χ0v) is 9.61. The van der Waals surface area contributed by atoms with Gasteiger partial charge in [-0.05, 0) is 19.8 Å². The van der Waals surface area contributed by atoms with Gasteiger partial charge in [0, 0.05) is 17.3 Å². The Bertz CT molecular complexity index is 276. The number of rotatable bonds is 3. The molecule has 1 rings (SSSR count). The number of nitrogens with zero attached hydrogens (tertiary/aromatic N) is 1. The first kappa shape index (κ1) is 10.7. The maximum Gasteiger partial charge on any atom is 0.0934 e. The van der Waals surface area contributed by atoms with E-state index in [-0.39, 0.29) is 6.04 Å². The minimum absolute atomic E-state index is 0.124. The Morgan fingerprint density at radius 3 is 2.38 bits per heavy atom. The maximum atomic E-state index is 5.83. The Hall–Kier alpha value is -0.410. The van der Waals surface area contributed by atoms with Gasteiger partial charge in [-0.3, -0.25) is 0 Å². The van der Waals surface area contributed by atoms with Gasteiger partial charge in [-0.1, -0.05) is 13.8 Å². The lowest BCUT2D eigenvalue weighted by atomic mass is 10.1. The summed E-state index contributed by atoms with van der Waals surface area (Å²) < 4.78 is 0. The van der Waals surface area contributed by atoms with E-state index in [1.807, 2.05) is 13.8 Å². The predicted octanol–water partition coefficient (Wildman–Crippen LogP) is 2.67. The van der Waals surface area contributed by atoms with Crippen LogP contribution in [0.4, 0.5) is 0 Å². The van der Waals surface area contributed by atoms with Crippen molar-refractivity contribution in [2.24, 2.45) is 11.7 Å². The van der Waals surface area contributed by atoms with Crippen LogP contribution >= 0.6 is 11.3 Å². The zero-order valence-electron chi connectivity index (χ0n) is 8.79. The van der Waals surface area contributed by atoms with E-state index < -0.39 is 0 Å². The van der Waals surface area contributed by atoms with Crippen molar-refractivity contribution < 1.29 is 0 Å². The first-order valence-electron chi connectivity index (χ1n) is 4.72. The summed E-state index contributed by atoms with van der Waals surface area (Å²) in [6.07, 6.45) is 1.07. The highest BCUT2D eigenvalue weighted by molar-refractivity contribution is 7.11. The molecule has 1 heterocycles. The van der Waals surface area contributed by atoms with Gasteiger partial charge in [0.1, 0.15) is 0 Å². The Morgan fingerprint density at radius 1 is 1.38 bits per heavy atom. The van der Waals surface area contributed by atoms with Crippen molar-refractivity contribution in [2.75, 3.05) is 0 Å². The van der Waals surface area contributed by atoms with Crippen LogP contribution in [0.1, 0.15) is 42.4 Å². The van der Waals surface area contributed by atoms with Crippen LogP contribution in [0.3, 0.4) is 0 Å². The van der Waals surface area contributed by atoms with Crippen molar-refractivity contribution in [1.82, 2.24) is 4.98 Å². The summed E-state index contributed by atoms with van der Waals surface area (Å²) in [7, 11) is 0. The quantitative estimate of drug-likeness (QED) is 0.811. The average molecular weight is 198 g/mol.